The van der Waals surface area contributed by atoms with E-state index in [-0.39, 0.29) is 11.7 Å². The van der Waals surface area contributed by atoms with Crippen LogP contribution in [0.4, 0.5) is 5.82 Å². The monoisotopic (exact) mass is 363 g/mol. The van der Waals surface area contributed by atoms with E-state index in [0.29, 0.717) is 24.0 Å². The number of aromatic nitrogens is 4. The fourth-order valence-electron chi connectivity index (χ4n) is 3.24. The van der Waals surface area contributed by atoms with E-state index in [1.54, 1.807) is 6.20 Å². The molecule has 1 amide bonds. The molecule has 3 aromatic rings. The molecule has 1 fully saturated rings. The van der Waals surface area contributed by atoms with Gasteiger partial charge >= 0.3 is 0 Å². The van der Waals surface area contributed by atoms with Crippen molar-refractivity contribution in [3.8, 4) is 0 Å². The number of ether oxygens (including phenoxy) is 1. The van der Waals surface area contributed by atoms with Gasteiger partial charge in [-0.3, -0.25) is 4.79 Å². The maximum atomic E-state index is 12.5. The zero-order valence-electron chi connectivity index (χ0n) is 14.9. The van der Waals surface area contributed by atoms with Gasteiger partial charge < -0.3 is 15.0 Å². The van der Waals surface area contributed by atoms with Crippen molar-refractivity contribution in [2.24, 2.45) is 0 Å². The Hall–Kier alpha value is -3.06. The summed E-state index contributed by atoms with van der Waals surface area (Å²) in [6.07, 6.45) is 4.30. The number of H-pyrrole nitrogens is 1. The lowest BCUT2D eigenvalue weighted by molar-refractivity contribution is 0.0853. The van der Waals surface area contributed by atoms with E-state index in [1.165, 1.54) is 5.56 Å². The number of carbonyl (C=O) groups excluding carboxylic acids is 1. The fraction of sp³-hybridized carbons (Fsp3) is 0.300. The molecule has 0 aliphatic carbocycles. The van der Waals surface area contributed by atoms with Crippen LogP contribution >= 0.6 is 0 Å². The lowest BCUT2D eigenvalue weighted by Crippen LogP contribution is -2.17. The molecule has 1 aliphatic heterocycles. The molecule has 7 nitrogen and oxygen atoms in total. The van der Waals surface area contributed by atoms with Crippen LogP contribution in [-0.2, 0) is 11.2 Å². The Balaban J connectivity index is 1.42. The highest BCUT2D eigenvalue weighted by Crippen LogP contribution is 2.27. The van der Waals surface area contributed by atoms with Crippen molar-refractivity contribution in [1.82, 2.24) is 20.2 Å². The molecule has 0 spiro atoms. The maximum absolute atomic E-state index is 12.5. The maximum Gasteiger partial charge on any atom is 0.294 e. The summed E-state index contributed by atoms with van der Waals surface area (Å²) in [6.45, 7) is 1.55. The van der Waals surface area contributed by atoms with Gasteiger partial charge in [-0.25, -0.2) is 4.98 Å². The number of rotatable bonds is 5. The molecule has 27 heavy (non-hydrogen) atoms. The van der Waals surface area contributed by atoms with Crippen molar-refractivity contribution < 1.29 is 9.53 Å². The third-order valence-corrected chi connectivity index (χ3v) is 4.68. The van der Waals surface area contributed by atoms with Crippen molar-refractivity contribution in [1.29, 1.82) is 0 Å². The van der Waals surface area contributed by atoms with Crippen molar-refractivity contribution >= 4 is 11.7 Å². The van der Waals surface area contributed by atoms with Crippen LogP contribution in [0.3, 0.4) is 0 Å². The van der Waals surface area contributed by atoms with Crippen molar-refractivity contribution in [3.05, 3.63) is 71.4 Å². The van der Waals surface area contributed by atoms with Gasteiger partial charge in [-0.1, -0.05) is 30.3 Å². The Bertz CT molecular complexity index is 904. The quantitative estimate of drug-likeness (QED) is 0.727. The van der Waals surface area contributed by atoms with Crippen molar-refractivity contribution in [2.45, 2.75) is 25.2 Å². The zero-order valence-corrected chi connectivity index (χ0v) is 14.9. The Morgan fingerprint density at radius 1 is 1.15 bits per heavy atom. The molecule has 7 heteroatoms. The van der Waals surface area contributed by atoms with E-state index < -0.39 is 0 Å². The summed E-state index contributed by atoms with van der Waals surface area (Å²) in [7, 11) is 0. The first kappa shape index (κ1) is 17.4. The molecule has 0 atom stereocenters. The zero-order chi connectivity index (χ0) is 18.5. The summed E-state index contributed by atoms with van der Waals surface area (Å²) in [5, 5.41) is 10.8. The van der Waals surface area contributed by atoms with Gasteiger partial charge in [0, 0.05) is 25.8 Å². The molecule has 1 aromatic carbocycles. The van der Waals surface area contributed by atoms with Gasteiger partial charge in [-0.15, -0.1) is 10.2 Å². The topological polar surface area (TPSA) is 92.8 Å². The van der Waals surface area contributed by atoms with Crippen LogP contribution in [0.5, 0.6) is 0 Å². The molecule has 138 valence electrons. The molecule has 2 N–H and O–H groups in total. The molecule has 0 radical (unpaired) electrons. The average Bonchev–Trinajstić information content (AvgIpc) is 3.18. The Kier molecular flexibility index (Phi) is 5.20. The molecule has 1 aliphatic rings. The molecule has 4 rings (SSSR count). The second-order valence-electron chi connectivity index (χ2n) is 6.60. The van der Waals surface area contributed by atoms with E-state index in [4.69, 9.17) is 4.74 Å². The van der Waals surface area contributed by atoms with Gasteiger partial charge in [-0.2, -0.15) is 0 Å². The number of nitrogens with zero attached hydrogens (tertiary/aromatic N) is 3. The Morgan fingerprint density at radius 3 is 2.78 bits per heavy atom. The van der Waals surface area contributed by atoms with Crippen molar-refractivity contribution in [3.63, 3.8) is 0 Å². The number of pyridine rings is 1. The minimum absolute atomic E-state index is 0.180. The molecular weight excluding hydrogens is 342 g/mol. The second-order valence-corrected chi connectivity index (χ2v) is 6.60. The minimum Gasteiger partial charge on any atom is -0.381 e. The average molecular weight is 363 g/mol. The van der Waals surface area contributed by atoms with Gasteiger partial charge in [0.25, 0.3) is 5.91 Å². The molecule has 3 heterocycles. The van der Waals surface area contributed by atoms with Crippen LogP contribution < -0.4 is 5.32 Å². The molecule has 1 saturated heterocycles. The lowest BCUT2D eigenvalue weighted by Gasteiger charge is -2.22. The highest BCUT2D eigenvalue weighted by atomic mass is 16.5. The lowest BCUT2D eigenvalue weighted by atomic mass is 9.92. The predicted octanol–water partition coefficient (Wildman–Crippen LogP) is 2.94. The smallest absolute Gasteiger partial charge is 0.294 e. The van der Waals surface area contributed by atoms with E-state index in [0.717, 1.165) is 31.6 Å². The third-order valence-electron chi connectivity index (χ3n) is 4.68. The fourth-order valence-corrected chi connectivity index (χ4v) is 3.24. The number of aromatic amines is 1. The molecule has 0 bridgehead atoms. The molecule has 2 aromatic heterocycles. The van der Waals surface area contributed by atoms with E-state index >= 15 is 0 Å². The highest BCUT2D eigenvalue weighted by Gasteiger charge is 2.18. The summed E-state index contributed by atoms with van der Waals surface area (Å²) < 4.78 is 5.41. The number of hydrogen-bond donors (Lipinski definition) is 2. The van der Waals surface area contributed by atoms with Gasteiger partial charge in [-0.05, 0) is 42.0 Å². The Labute approximate surface area is 157 Å². The van der Waals surface area contributed by atoms with E-state index in [1.807, 2.05) is 42.5 Å². The molecular formula is C20H21N5O2. The summed E-state index contributed by atoms with van der Waals surface area (Å²) >= 11 is 0. The highest BCUT2D eigenvalue weighted by molar-refractivity contribution is 6.00. The number of benzene rings is 1. The normalized spacial score (nSPS) is 14.8. The molecule has 0 unspecified atom stereocenters. The van der Waals surface area contributed by atoms with Crippen molar-refractivity contribution in [2.75, 3.05) is 18.5 Å². The van der Waals surface area contributed by atoms with Gasteiger partial charge in [0.05, 0.1) is 0 Å². The van der Waals surface area contributed by atoms with Crippen LogP contribution in [0.2, 0.25) is 0 Å². The largest absolute Gasteiger partial charge is 0.381 e. The number of hydrogen-bond acceptors (Lipinski definition) is 5. The van der Waals surface area contributed by atoms with Crippen LogP contribution in [0.15, 0.2) is 48.7 Å². The van der Waals surface area contributed by atoms with Gasteiger partial charge in [0.2, 0.25) is 5.82 Å². The first-order valence-electron chi connectivity index (χ1n) is 9.08. The SMILES string of the molecule is O=C(Nc1cc(C2CCOCC2)ccn1)c1nnc(Cc2ccccc2)[nH]1. The van der Waals surface area contributed by atoms with E-state index in [2.05, 4.69) is 25.5 Å². The number of amides is 1. The third kappa shape index (κ3) is 4.38. The van der Waals surface area contributed by atoms with Crippen LogP contribution in [-0.4, -0.2) is 39.3 Å². The first-order chi connectivity index (χ1) is 13.3. The first-order valence-corrected chi connectivity index (χ1v) is 9.08. The number of nitrogens with one attached hydrogen (secondary N) is 2. The van der Waals surface area contributed by atoms with E-state index in [9.17, 15) is 4.79 Å². The summed E-state index contributed by atoms with van der Waals surface area (Å²) in [4.78, 5) is 19.7. The second kappa shape index (κ2) is 8.09. The van der Waals surface area contributed by atoms with Crippen LogP contribution in [0.25, 0.3) is 0 Å². The van der Waals surface area contributed by atoms with Gasteiger partial charge in [0.1, 0.15) is 11.6 Å². The Morgan fingerprint density at radius 2 is 1.96 bits per heavy atom. The van der Waals surface area contributed by atoms with Gasteiger partial charge in [0.15, 0.2) is 0 Å². The number of anilines is 1. The van der Waals surface area contributed by atoms with Crippen LogP contribution in [0.1, 0.15) is 46.3 Å². The molecule has 0 saturated carbocycles. The van der Waals surface area contributed by atoms with Crippen LogP contribution in [0, 0.1) is 0 Å². The summed E-state index contributed by atoms with van der Waals surface area (Å²) in [6, 6.07) is 13.8. The summed E-state index contributed by atoms with van der Waals surface area (Å²) in [5.41, 5.74) is 2.28. The predicted molar refractivity (Wildman–Crippen MR) is 101 cm³/mol. The minimum atomic E-state index is -0.349. The number of carbonyl (C=O) groups is 1. The summed E-state index contributed by atoms with van der Waals surface area (Å²) in [5.74, 6) is 1.44. The standard InChI is InChI=1S/C20H21N5O2/c26-20(19-22-18(24-25-19)12-14-4-2-1-3-5-14)23-17-13-16(6-9-21-17)15-7-10-27-11-8-15/h1-6,9,13,15H,7-8,10-12H2,(H,21,23,26)(H,22,24,25).